The van der Waals surface area contributed by atoms with E-state index in [-0.39, 0.29) is 6.10 Å². The molecule has 5 nitrogen and oxygen atoms in total. The number of hydrogen-bond donors (Lipinski definition) is 0. The summed E-state index contributed by atoms with van der Waals surface area (Å²) in [5, 5.41) is 0. The first-order valence-corrected chi connectivity index (χ1v) is 11.4. The van der Waals surface area contributed by atoms with Crippen LogP contribution in [0.2, 0.25) is 0 Å². The van der Waals surface area contributed by atoms with Crippen LogP contribution in [0.5, 0.6) is 5.75 Å². The molecule has 0 amide bonds. The topological polar surface area (TPSA) is 45.0 Å². The van der Waals surface area contributed by atoms with Gasteiger partial charge in [-0.2, -0.15) is 0 Å². The van der Waals surface area contributed by atoms with Gasteiger partial charge in [0.05, 0.1) is 32.1 Å². The highest BCUT2D eigenvalue weighted by atomic mass is 16.6. The minimum atomic E-state index is 0.00789. The van der Waals surface area contributed by atoms with Gasteiger partial charge in [0.25, 0.3) is 0 Å². The van der Waals surface area contributed by atoms with E-state index in [1.165, 1.54) is 22.4 Å². The van der Waals surface area contributed by atoms with Crippen LogP contribution in [0.4, 0.5) is 0 Å². The Bertz CT molecular complexity index is 1160. The summed E-state index contributed by atoms with van der Waals surface area (Å²) in [4.78, 5) is 4.97. The standard InChI is InChI=1S/C27H30N2O3/c1-19-8-9-24-22(14-19)10-11-29-26(28-16-23-18-30-12-13-31-23)15-25(20(2)27(24)29)32-17-21-6-4-3-5-7-21/h3-9,14-15,23H,10-13,16-18H2,1-2H3/t23-/m1/s1. The maximum absolute atomic E-state index is 6.33. The van der Waals surface area contributed by atoms with Gasteiger partial charge in [0, 0.05) is 23.7 Å². The molecule has 3 aromatic rings. The Morgan fingerprint density at radius 1 is 1.06 bits per heavy atom. The number of hydrogen-bond acceptors (Lipinski definition) is 4. The molecule has 2 aromatic carbocycles. The molecule has 32 heavy (non-hydrogen) atoms. The highest BCUT2D eigenvalue weighted by Gasteiger charge is 2.22. The Balaban J connectivity index is 1.56. The van der Waals surface area contributed by atoms with E-state index in [4.69, 9.17) is 19.2 Å². The number of pyridine rings is 1. The van der Waals surface area contributed by atoms with Crippen LogP contribution in [0.25, 0.3) is 11.3 Å². The van der Waals surface area contributed by atoms with Crippen molar-refractivity contribution >= 4 is 0 Å². The molecule has 1 saturated heterocycles. The van der Waals surface area contributed by atoms with Gasteiger partial charge in [-0.25, -0.2) is 0 Å². The number of aryl methyl sites for hydroxylation is 2. The smallest absolute Gasteiger partial charge is 0.131 e. The van der Waals surface area contributed by atoms with E-state index >= 15 is 0 Å². The first kappa shape index (κ1) is 21.0. The van der Waals surface area contributed by atoms with Crippen LogP contribution in [0, 0.1) is 13.8 Å². The number of ether oxygens (including phenoxy) is 3. The molecule has 1 aromatic heterocycles. The van der Waals surface area contributed by atoms with E-state index in [1.807, 2.05) is 18.2 Å². The number of aromatic nitrogens is 1. The van der Waals surface area contributed by atoms with Crippen LogP contribution in [0.1, 0.15) is 22.3 Å². The first-order valence-electron chi connectivity index (χ1n) is 11.4. The maximum Gasteiger partial charge on any atom is 0.131 e. The summed E-state index contributed by atoms with van der Waals surface area (Å²) in [6.07, 6.45) is 1.01. The van der Waals surface area contributed by atoms with Crippen molar-refractivity contribution in [3.05, 3.63) is 82.3 Å². The summed E-state index contributed by atoms with van der Waals surface area (Å²) in [5.41, 5.74) is 8.42. The highest BCUT2D eigenvalue weighted by Crippen LogP contribution is 2.35. The van der Waals surface area contributed by atoms with Crippen molar-refractivity contribution in [2.45, 2.75) is 39.5 Å². The average molecular weight is 431 g/mol. The predicted molar refractivity (Wildman–Crippen MR) is 125 cm³/mol. The fourth-order valence-corrected chi connectivity index (χ4v) is 4.56. The molecule has 2 aliphatic rings. The Kier molecular flexibility index (Phi) is 6.10. The molecule has 0 radical (unpaired) electrons. The SMILES string of the molecule is Cc1ccc2c(c1)CCn1c-2c(C)c(OCc2ccccc2)cc1=NC[C@@H]1COCCO1. The summed E-state index contributed by atoms with van der Waals surface area (Å²) >= 11 is 0. The Morgan fingerprint density at radius 3 is 2.75 bits per heavy atom. The zero-order chi connectivity index (χ0) is 21.9. The third-order valence-corrected chi connectivity index (χ3v) is 6.23. The third-order valence-electron chi connectivity index (χ3n) is 6.23. The van der Waals surface area contributed by atoms with E-state index in [0.29, 0.717) is 33.0 Å². The van der Waals surface area contributed by atoms with Crippen LogP contribution in [-0.2, 0) is 29.0 Å². The molecule has 0 unspecified atom stereocenters. The van der Waals surface area contributed by atoms with Gasteiger partial charge in [0.2, 0.25) is 0 Å². The minimum Gasteiger partial charge on any atom is -0.488 e. The van der Waals surface area contributed by atoms with Crippen LogP contribution in [-0.4, -0.2) is 37.0 Å². The molecule has 0 spiro atoms. The number of benzene rings is 2. The van der Waals surface area contributed by atoms with Crippen LogP contribution in [0.3, 0.4) is 0 Å². The summed E-state index contributed by atoms with van der Waals surface area (Å²) in [5.74, 6) is 0.882. The Labute approximate surface area is 189 Å². The second-order valence-corrected chi connectivity index (χ2v) is 8.59. The Morgan fingerprint density at radius 2 is 1.94 bits per heavy atom. The summed E-state index contributed by atoms with van der Waals surface area (Å²) in [6, 6.07) is 19.1. The van der Waals surface area contributed by atoms with Crippen LogP contribution in [0.15, 0.2) is 59.6 Å². The number of rotatable bonds is 5. The van der Waals surface area contributed by atoms with Gasteiger partial charge in [0.15, 0.2) is 0 Å². The summed E-state index contributed by atoms with van der Waals surface area (Å²) < 4.78 is 20.0. The van der Waals surface area contributed by atoms with Crippen molar-refractivity contribution in [2.75, 3.05) is 26.4 Å². The van der Waals surface area contributed by atoms with E-state index < -0.39 is 0 Å². The molecular weight excluding hydrogens is 400 g/mol. The number of nitrogens with zero attached hydrogens (tertiary/aromatic N) is 2. The molecule has 0 aliphatic carbocycles. The molecule has 1 fully saturated rings. The molecule has 166 valence electrons. The van der Waals surface area contributed by atoms with Gasteiger partial charge in [-0.3, -0.25) is 4.99 Å². The average Bonchev–Trinajstić information content (AvgIpc) is 2.83. The van der Waals surface area contributed by atoms with Gasteiger partial charge in [0.1, 0.15) is 23.9 Å². The monoisotopic (exact) mass is 430 g/mol. The van der Waals surface area contributed by atoms with Gasteiger partial charge in [-0.05, 0) is 31.4 Å². The minimum absolute atomic E-state index is 0.00789. The molecule has 2 aliphatic heterocycles. The van der Waals surface area contributed by atoms with Gasteiger partial charge in [-0.1, -0.05) is 54.1 Å². The Hall–Kier alpha value is -2.89. The lowest BCUT2D eigenvalue weighted by Gasteiger charge is -2.27. The van der Waals surface area contributed by atoms with E-state index in [1.54, 1.807) is 0 Å². The van der Waals surface area contributed by atoms with Crippen molar-refractivity contribution < 1.29 is 14.2 Å². The van der Waals surface area contributed by atoms with Gasteiger partial charge >= 0.3 is 0 Å². The fourth-order valence-electron chi connectivity index (χ4n) is 4.56. The van der Waals surface area contributed by atoms with Crippen molar-refractivity contribution in [3.63, 3.8) is 0 Å². The van der Waals surface area contributed by atoms with Crippen molar-refractivity contribution in [1.82, 2.24) is 4.57 Å². The number of fused-ring (bicyclic) bond motifs is 3. The molecule has 1 atom stereocenters. The molecule has 3 heterocycles. The summed E-state index contributed by atoms with van der Waals surface area (Å²) in [7, 11) is 0. The van der Waals surface area contributed by atoms with Gasteiger partial charge < -0.3 is 18.8 Å². The van der Waals surface area contributed by atoms with E-state index in [9.17, 15) is 0 Å². The zero-order valence-corrected chi connectivity index (χ0v) is 18.8. The van der Waals surface area contributed by atoms with Gasteiger partial charge in [-0.15, -0.1) is 0 Å². The van der Waals surface area contributed by atoms with Crippen LogP contribution < -0.4 is 10.2 Å². The molecule has 5 rings (SSSR count). The highest BCUT2D eigenvalue weighted by molar-refractivity contribution is 5.71. The van der Waals surface area contributed by atoms with Crippen molar-refractivity contribution in [3.8, 4) is 17.0 Å². The lowest BCUT2D eigenvalue weighted by Crippen LogP contribution is -2.33. The maximum atomic E-state index is 6.33. The second-order valence-electron chi connectivity index (χ2n) is 8.59. The molecule has 0 bridgehead atoms. The largest absolute Gasteiger partial charge is 0.488 e. The van der Waals surface area contributed by atoms with Crippen LogP contribution >= 0.6 is 0 Å². The first-order chi connectivity index (χ1) is 15.7. The predicted octanol–water partition coefficient (Wildman–Crippen LogP) is 4.22. The van der Waals surface area contributed by atoms with E-state index in [0.717, 1.165) is 35.3 Å². The second kappa shape index (κ2) is 9.31. The molecule has 0 N–H and O–H groups in total. The third kappa shape index (κ3) is 4.36. The zero-order valence-electron chi connectivity index (χ0n) is 18.8. The fraction of sp³-hybridized carbons (Fsp3) is 0.370. The lowest BCUT2D eigenvalue weighted by atomic mass is 9.93. The quantitative estimate of drug-likeness (QED) is 0.609. The molecule has 0 saturated carbocycles. The van der Waals surface area contributed by atoms with Crippen molar-refractivity contribution in [1.29, 1.82) is 0 Å². The summed E-state index contributed by atoms with van der Waals surface area (Å²) in [6.45, 7) is 8.24. The van der Waals surface area contributed by atoms with Crippen molar-refractivity contribution in [2.24, 2.45) is 4.99 Å². The van der Waals surface area contributed by atoms with E-state index in [2.05, 4.69) is 54.8 Å². The molecular formula is C27H30N2O3. The molecule has 5 heteroatoms. The lowest BCUT2D eigenvalue weighted by molar-refractivity contribution is -0.0835. The normalized spacial score (nSPS) is 18.2.